The smallest absolute Gasteiger partial charge is 0.339 e. The van der Waals surface area contributed by atoms with E-state index in [9.17, 15) is 26.7 Å². The number of benzene rings is 1. The van der Waals surface area contributed by atoms with Gasteiger partial charge < -0.3 is 10.6 Å². The predicted molar refractivity (Wildman–Crippen MR) is 115 cm³/mol. The number of hydrogen-bond acceptors (Lipinski definition) is 2. The second kappa shape index (κ2) is 10.7. The van der Waals surface area contributed by atoms with Crippen LogP contribution in [0.2, 0.25) is 0 Å². The van der Waals surface area contributed by atoms with E-state index in [2.05, 4.69) is 13.2 Å². The van der Waals surface area contributed by atoms with E-state index in [-0.39, 0.29) is 29.0 Å². The van der Waals surface area contributed by atoms with Gasteiger partial charge in [-0.05, 0) is 67.5 Å². The molecule has 0 unspecified atom stereocenters. The number of nitrogens with zero attached hydrogens (tertiary/aromatic N) is 1. The Kier molecular flexibility index (Phi) is 8.55. The first-order valence-corrected chi connectivity index (χ1v) is 10.2. The maximum absolute atomic E-state index is 13.9. The highest BCUT2D eigenvalue weighted by Gasteiger charge is 2.34. The summed E-state index contributed by atoms with van der Waals surface area (Å²) < 4.78 is 67.0. The van der Waals surface area contributed by atoms with Crippen molar-refractivity contribution in [1.29, 1.82) is 0 Å². The van der Waals surface area contributed by atoms with E-state index in [0.29, 0.717) is 25.9 Å². The molecule has 0 aromatic heterocycles. The third kappa shape index (κ3) is 6.63. The van der Waals surface area contributed by atoms with Crippen LogP contribution in [0.15, 0.2) is 66.3 Å². The number of nitrogens with two attached hydrogens (primary N) is 1. The zero-order valence-corrected chi connectivity index (χ0v) is 17.9. The van der Waals surface area contributed by atoms with Crippen molar-refractivity contribution >= 4 is 5.91 Å². The van der Waals surface area contributed by atoms with Crippen molar-refractivity contribution < 1.29 is 26.7 Å². The highest BCUT2D eigenvalue weighted by molar-refractivity contribution is 5.98. The van der Waals surface area contributed by atoms with Crippen LogP contribution in [0.1, 0.15) is 25.3 Å². The van der Waals surface area contributed by atoms with Crippen molar-refractivity contribution in [2.24, 2.45) is 11.7 Å². The van der Waals surface area contributed by atoms with Gasteiger partial charge in [0.25, 0.3) is 5.91 Å². The number of likely N-dealkylation sites (tertiary alicyclic amines) is 1. The SMILES string of the molecule is C=C/C=C(\C=C(/C(=C)C)C(=O)N1CCC([C@H](N)Cc2cc(F)ccc2F)CC1)C(F)(F)F. The fourth-order valence-corrected chi connectivity index (χ4v) is 3.70. The molecule has 1 saturated heterocycles. The minimum atomic E-state index is -4.64. The third-order valence-corrected chi connectivity index (χ3v) is 5.51. The number of carbonyl (C=O) groups is 1. The number of piperidine rings is 1. The van der Waals surface area contributed by atoms with Crippen LogP contribution in [-0.2, 0) is 11.2 Å². The van der Waals surface area contributed by atoms with Crippen LogP contribution in [0.5, 0.6) is 0 Å². The number of carbonyl (C=O) groups excluding carboxylic acids is 1. The van der Waals surface area contributed by atoms with E-state index >= 15 is 0 Å². The molecule has 1 aliphatic heterocycles. The molecule has 1 aromatic carbocycles. The van der Waals surface area contributed by atoms with Crippen molar-refractivity contribution in [2.75, 3.05) is 13.1 Å². The Morgan fingerprint density at radius 3 is 2.44 bits per heavy atom. The first kappa shape index (κ1) is 25.5. The lowest BCUT2D eigenvalue weighted by molar-refractivity contribution is -0.128. The van der Waals surface area contributed by atoms with Crippen LogP contribution in [0, 0.1) is 17.6 Å². The Morgan fingerprint density at radius 1 is 1.28 bits per heavy atom. The van der Waals surface area contributed by atoms with Crippen LogP contribution in [-0.4, -0.2) is 36.1 Å². The van der Waals surface area contributed by atoms with Gasteiger partial charge in [0.05, 0.1) is 5.57 Å². The monoisotopic (exact) mass is 454 g/mol. The molecule has 0 aliphatic carbocycles. The molecule has 1 fully saturated rings. The second-order valence-electron chi connectivity index (χ2n) is 7.93. The number of halogens is 5. The van der Waals surface area contributed by atoms with Gasteiger partial charge in [-0.3, -0.25) is 4.79 Å². The van der Waals surface area contributed by atoms with E-state index in [4.69, 9.17) is 5.73 Å². The number of amides is 1. The summed E-state index contributed by atoms with van der Waals surface area (Å²) in [6.07, 6.45) is -0.885. The average Bonchev–Trinajstić information content (AvgIpc) is 2.72. The summed E-state index contributed by atoms with van der Waals surface area (Å²) in [4.78, 5) is 14.4. The summed E-state index contributed by atoms with van der Waals surface area (Å²) in [6, 6.07) is 2.77. The summed E-state index contributed by atoms with van der Waals surface area (Å²) in [5.41, 5.74) is 5.51. The maximum Gasteiger partial charge on any atom is 0.416 e. The Labute approximate surface area is 184 Å². The molecule has 2 N–H and O–H groups in total. The van der Waals surface area contributed by atoms with Gasteiger partial charge in [0.1, 0.15) is 11.6 Å². The molecule has 0 bridgehead atoms. The van der Waals surface area contributed by atoms with Crippen LogP contribution in [0.4, 0.5) is 22.0 Å². The summed E-state index contributed by atoms with van der Waals surface area (Å²) in [7, 11) is 0. The fraction of sp³-hybridized carbons (Fsp3) is 0.375. The first-order valence-electron chi connectivity index (χ1n) is 10.2. The number of alkyl halides is 3. The molecule has 1 aliphatic rings. The number of hydrogen-bond donors (Lipinski definition) is 1. The van der Waals surface area contributed by atoms with E-state index in [1.807, 2.05) is 0 Å². The van der Waals surface area contributed by atoms with E-state index in [1.54, 1.807) is 0 Å². The Bertz CT molecular complexity index is 925. The van der Waals surface area contributed by atoms with Crippen molar-refractivity contribution in [2.45, 2.75) is 38.4 Å². The molecule has 32 heavy (non-hydrogen) atoms. The van der Waals surface area contributed by atoms with Gasteiger partial charge in [0.15, 0.2) is 0 Å². The Morgan fingerprint density at radius 2 is 1.91 bits per heavy atom. The summed E-state index contributed by atoms with van der Waals surface area (Å²) >= 11 is 0. The molecule has 174 valence electrons. The van der Waals surface area contributed by atoms with Gasteiger partial charge in [0.2, 0.25) is 0 Å². The molecule has 2 rings (SSSR count). The molecule has 8 heteroatoms. The van der Waals surface area contributed by atoms with Gasteiger partial charge in [-0.2, -0.15) is 13.2 Å². The van der Waals surface area contributed by atoms with Crippen molar-refractivity contribution in [1.82, 2.24) is 4.90 Å². The number of allylic oxidation sites excluding steroid dienone is 4. The molecule has 3 nitrogen and oxygen atoms in total. The van der Waals surface area contributed by atoms with Gasteiger partial charge in [-0.15, -0.1) is 0 Å². The standard InChI is InChI=1S/C24H27F5N2O/c1-4-5-18(24(27,28)29)14-20(15(2)3)23(32)31-10-8-16(9-11-31)22(30)13-17-12-19(25)6-7-21(17)26/h4-7,12,14,16,22H,1-2,8-11,13,30H2,3H3/b18-5+,20-14+/t22-/m1/s1. The minimum absolute atomic E-state index is 0.0367. The molecule has 0 spiro atoms. The molecule has 1 amide bonds. The van der Waals surface area contributed by atoms with Crippen LogP contribution < -0.4 is 5.73 Å². The van der Waals surface area contributed by atoms with E-state index < -0.39 is 35.3 Å². The normalized spacial score (nSPS) is 17.3. The average molecular weight is 454 g/mol. The lowest BCUT2D eigenvalue weighted by Gasteiger charge is -2.35. The quantitative estimate of drug-likeness (QED) is 0.348. The molecule has 0 radical (unpaired) electrons. The molecular formula is C24H27F5N2O. The van der Waals surface area contributed by atoms with Crippen LogP contribution in [0.25, 0.3) is 0 Å². The summed E-state index contributed by atoms with van der Waals surface area (Å²) in [6.45, 7) is 8.99. The fourth-order valence-electron chi connectivity index (χ4n) is 3.70. The van der Waals surface area contributed by atoms with E-state index in [0.717, 1.165) is 36.4 Å². The Hall–Kier alpha value is -2.74. The Balaban J connectivity index is 2.08. The molecule has 1 aromatic rings. The van der Waals surface area contributed by atoms with Crippen molar-refractivity contribution in [3.8, 4) is 0 Å². The molecule has 1 atom stereocenters. The second-order valence-corrected chi connectivity index (χ2v) is 7.93. The van der Waals surface area contributed by atoms with Gasteiger partial charge in [-0.1, -0.05) is 25.3 Å². The highest BCUT2D eigenvalue weighted by Crippen LogP contribution is 2.30. The number of rotatable bonds is 7. The first-order chi connectivity index (χ1) is 14.9. The topological polar surface area (TPSA) is 46.3 Å². The third-order valence-electron chi connectivity index (χ3n) is 5.51. The largest absolute Gasteiger partial charge is 0.416 e. The van der Waals surface area contributed by atoms with Crippen LogP contribution in [0.3, 0.4) is 0 Å². The van der Waals surface area contributed by atoms with Crippen molar-refractivity contribution in [3.05, 3.63) is 83.5 Å². The lowest BCUT2D eigenvalue weighted by atomic mass is 9.86. The van der Waals surface area contributed by atoms with Crippen molar-refractivity contribution in [3.63, 3.8) is 0 Å². The summed E-state index contributed by atoms with van der Waals surface area (Å²) in [5, 5.41) is 0. The zero-order valence-electron chi connectivity index (χ0n) is 17.9. The van der Waals surface area contributed by atoms with Gasteiger partial charge in [0, 0.05) is 24.7 Å². The molecular weight excluding hydrogens is 427 g/mol. The van der Waals surface area contributed by atoms with Gasteiger partial charge in [-0.25, -0.2) is 8.78 Å². The van der Waals surface area contributed by atoms with Gasteiger partial charge >= 0.3 is 6.18 Å². The zero-order chi connectivity index (χ0) is 24.1. The molecule has 1 heterocycles. The molecule has 0 saturated carbocycles. The van der Waals surface area contributed by atoms with E-state index in [1.165, 1.54) is 11.8 Å². The van der Waals surface area contributed by atoms with Crippen LogP contribution >= 0.6 is 0 Å². The predicted octanol–water partition coefficient (Wildman–Crippen LogP) is 5.25. The minimum Gasteiger partial charge on any atom is -0.339 e. The summed E-state index contributed by atoms with van der Waals surface area (Å²) in [5.74, 6) is -1.65. The maximum atomic E-state index is 13.9. The highest BCUT2D eigenvalue weighted by atomic mass is 19.4. The lowest BCUT2D eigenvalue weighted by Crippen LogP contribution is -2.44.